The molecule has 0 bridgehead atoms. The molecule has 0 atom stereocenters. The van der Waals surface area contributed by atoms with Crippen molar-refractivity contribution in [3.63, 3.8) is 0 Å². The summed E-state index contributed by atoms with van der Waals surface area (Å²) in [5.74, 6) is -0.403. The van der Waals surface area contributed by atoms with Gasteiger partial charge in [-0.15, -0.1) is 11.3 Å². The number of hydrogen-bond donors (Lipinski definition) is 3. The van der Waals surface area contributed by atoms with Crippen LogP contribution in [0.5, 0.6) is 5.75 Å². The molecule has 0 spiro atoms. The summed E-state index contributed by atoms with van der Waals surface area (Å²) in [5, 5.41) is 4.67. The average molecular weight is 438 g/mol. The van der Waals surface area contributed by atoms with Crippen molar-refractivity contribution < 1.29 is 19.1 Å². The van der Waals surface area contributed by atoms with E-state index in [0.717, 1.165) is 17.5 Å². The molecule has 0 aliphatic heterocycles. The zero-order valence-electron chi connectivity index (χ0n) is 17.0. The molecule has 3 N–H and O–H groups in total. The first-order chi connectivity index (χ1) is 15.1. The third-order valence-corrected chi connectivity index (χ3v) is 5.31. The zero-order valence-corrected chi connectivity index (χ0v) is 17.8. The summed E-state index contributed by atoms with van der Waals surface area (Å²) in [6, 6.07) is 17.8. The Hall–Kier alpha value is -3.65. The van der Waals surface area contributed by atoms with Gasteiger partial charge in [-0.3, -0.25) is 25.2 Å². The van der Waals surface area contributed by atoms with Crippen LogP contribution < -0.4 is 20.9 Å². The van der Waals surface area contributed by atoms with Crippen LogP contribution in [0.1, 0.15) is 38.1 Å². The summed E-state index contributed by atoms with van der Waals surface area (Å²) in [6.45, 7) is 2.15. The Bertz CT molecular complexity index is 1030. The van der Waals surface area contributed by atoms with E-state index in [2.05, 4.69) is 16.2 Å². The first kappa shape index (κ1) is 22.0. The van der Waals surface area contributed by atoms with E-state index in [9.17, 15) is 14.4 Å². The Morgan fingerprint density at radius 2 is 1.68 bits per heavy atom. The SMILES string of the molecule is CCc1ccccc1OCC(=O)NNC(=O)c1ccc(CNC(=O)c2cccs2)cc1. The number of amides is 3. The number of hydrazine groups is 1. The lowest BCUT2D eigenvalue weighted by molar-refractivity contribution is -0.123. The Morgan fingerprint density at radius 1 is 0.903 bits per heavy atom. The van der Waals surface area contributed by atoms with E-state index in [0.29, 0.717) is 22.7 Å². The molecule has 0 fully saturated rings. The molecular formula is C23H23N3O4S. The predicted octanol–water partition coefficient (Wildman–Crippen LogP) is 3.08. The second-order valence-corrected chi connectivity index (χ2v) is 7.56. The van der Waals surface area contributed by atoms with Crippen LogP contribution in [-0.2, 0) is 17.8 Å². The van der Waals surface area contributed by atoms with E-state index >= 15 is 0 Å². The van der Waals surface area contributed by atoms with Crippen molar-refractivity contribution in [1.82, 2.24) is 16.2 Å². The van der Waals surface area contributed by atoms with Crippen molar-refractivity contribution in [3.05, 3.63) is 87.6 Å². The third kappa shape index (κ3) is 6.42. The summed E-state index contributed by atoms with van der Waals surface area (Å²) < 4.78 is 5.52. The Kier molecular flexibility index (Phi) is 7.78. The van der Waals surface area contributed by atoms with E-state index < -0.39 is 11.8 Å². The number of para-hydroxylation sites is 1. The standard InChI is InChI=1S/C23H23N3O4S/c1-2-17-6-3-4-7-19(17)30-15-21(27)25-26-22(28)18-11-9-16(10-12-18)14-24-23(29)20-8-5-13-31-20/h3-13H,2,14-15H2,1H3,(H,24,29)(H,25,27)(H,26,28). The van der Waals surface area contributed by atoms with Gasteiger partial charge in [0.25, 0.3) is 17.7 Å². The molecule has 1 aromatic heterocycles. The molecule has 0 unspecified atom stereocenters. The molecule has 0 aliphatic rings. The van der Waals surface area contributed by atoms with Crippen LogP contribution in [0.4, 0.5) is 0 Å². The largest absolute Gasteiger partial charge is 0.483 e. The lowest BCUT2D eigenvalue weighted by Gasteiger charge is -2.11. The minimum Gasteiger partial charge on any atom is -0.483 e. The van der Waals surface area contributed by atoms with Crippen LogP contribution in [0.2, 0.25) is 0 Å². The smallest absolute Gasteiger partial charge is 0.276 e. The number of carbonyl (C=O) groups excluding carboxylic acids is 3. The maximum Gasteiger partial charge on any atom is 0.276 e. The van der Waals surface area contributed by atoms with Gasteiger partial charge in [0.15, 0.2) is 6.61 Å². The van der Waals surface area contributed by atoms with Gasteiger partial charge >= 0.3 is 0 Å². The van der Waals surface area contributed by atoms with Crippen LogP contribution in [0, 0.1) is 0 Å². The zero-order chi connectivity index (χ0) is 22.1. The topological polar surface area (TPSA) is 96.5 Å². The van der Waals surface area contributed by atoms with Crippen molar-refractivity contribution in [2.45, 2.75) is 19.9 Å². The van der Waals surface area contributed by atoms with Gasteiger partial charge in [0, 0.05) is 12.1 Å². The third-order valence-electron chi connectivity index (χ3n) is 4.44. The number of hydrogen-bond acceptors (Lipinski definition) is 5. The summed E-state index contributed by atoms with van der Waals surface area (Å²) in [4.78, 5) is 36.8. The second kappa shape index (κ2) is 10.9. The fourth-order valence-corrected chi connectivity index (χ4v) is 3.41. The van der Waals surface area contributed by atoms with Gasteiger partial charge in [-0.1, -0.05) is 43.3 Å². The monoisotopic (exact) mass is 437 g/mol. The Labute approximate surface area is 184 Å². The molecule has 2 aromatic carbocycles. The van der Waals surface area contributed by atoms with Gasteiger partial charge in [-0.25, -0.2) is 0 Å². The van der Waals surface area contributed by atoms with Crippen LogP contribution in [0.25, 0.3) is 0 Å². The first-order valence-corrected chi connectivity index (χ1v) is 10.7. The van der Waals surface area contributed by atoms with Gasteiger partial charge < -0.3 is 10.1 Å². The van der Waals surface area contributed by atoms with Crippen molar-refractivity contribution >= 4 is 29.1 Å². The summed E-state index contributed by atoms with van der Waals surface area (Å²) in [6.07, 6.45) is 0.794. The highest BCUT2D eigenvalue weighted by Crippen LogP contribution is 2.17. The normalized spacial score (nSPS) is 10.2. The predicted molar refractivity (Wildman–Crippen MR) is 119 cm³/mol. The molecule has 7 nitrogen and oxygen atoms in total. The van der Waals surface area contributed by atoms with Gasteiger partial charge in [0.1, 0.15) is 5.75 Å². The van der Waals surface area contributed by atoms with E-state index in [1.807, 2.05) is 36.6 Å². The number of rotatable bonds is 8. The molecule has 3 aromatic rings. The van der Waals surface area contributed by atoms with Gasteiger partial charge in [-0.2, -0.15) is 0 Å². The highest BCUT2D eigenvalue weighted by atomic mass is 32.1. The Morgan fingerprint density at radius 3 is 2.39 bits per heavy atom. The lowest BCUT2D eigenvalue weighted by atomic mass is 10.1. The number of ether oxygens (including phenoxy) is 1. The second-order valence-electron chi connectivity index (χ2n) is 6.61. The maximum atomic E-state index is 12.2. The number of thiophene rings is 1. The lowest BCUT2D eigenvalue weighted by Crippen LogP contribution is -2.43. The molecule has 0 aliphatic carbocycles. The quantitative estimate of drug-likeness (QED) is 0.472. The maximum absolute atomic E-state index is 12.2. The van der Waals surface area contributed by atoms with E-state index in [-0.39, 0.29) is 12.5 Å². The fraction of sp³-hybridized carbons (Fsp3) is 0.174. The molecule has 8 heteroatoms. The molecule has 31 heavy (non-hydrogen) atoms. The van der Waals surface area contributed by atoms with E-state index in [1.54, 1.807) is 36.4 Å². The minimum atomic E-state index is -0.466. The number of nitrogens with one attached hydrogen (secondary N) is 3. The minimum absolute atomic E-state index is 0.136. The van der Waals surface area contributed by atoms with Crippen LogP contribution in [-0.4, -0.2) is 24.3 Å². The van der Waals surface area contributed by atoms with Crippen molar-refractivity contribution in [1.29, 1.82) is 0 Å². The Balaban J connectivity index is 1.42. The van der Waals surface area contributed by atoms with E-state index in [1.165, 1.54) is 11.3 Å². The van der Waals surface area contributed by atoms with Crippen molar-refractivity contribution in [3.8, 4) is 5.75 Å². The highest BCUT2D eigenvalue weighted by molar-refractivity contribution is 7.12. The summed E-state index contributed by atoms with van der Waals surface area (Å²) >= 11 is 1.38. The molecule has 0 saturated heterocycles. The number of aryl methyl sites for hydroxylation is 1. The van der Waals surface area contributed by atoms with Crippen LogP contribution in [0.3, 0.4) is 0 Å². The van der Waals surface area contributed by atoms with Gasteiger partial charge in [-0.05, 0) is 47.2 Å². The summed E-state index contributed by atoms with van der Waals surface area (Å²) in [7, 11) is 0. The first-order valence-electron chi connectivity index (χ1n) is 9.77. The van der Waals surface area contributed by atoms with Crippen LogP contribution >= 0.6 is 11.3 Å². The summed E-state index contributed by atoms with van der Waals surface area (Å²) in [5.41, 5.74) is 6.95. The van der Waals surface area contributed by atoms with Crippen molar-refractivity contribution in [2.75, 3.05) is 6.61 Å². The molecule has 0 saturated carbocycles. The number of carbonyl (C=O) groups is 3. The average Bonchev–Trinajstić information content (AvgIpc) is 3.35. The molecular weight excluding hydrogens is 414 g/mol. The van der Waals surface area contributed by atoms with E-state index in [4.69, 9.17) is 4.74 Å². The molecule has 3 rings (SSSR count). The van der Waals surface area contributed by atoms with Crippen molar-refractivity contribution in [2.24, 2.45) is 0 Å². The molecule has 3 amide bonds. The van der Waals surface area contributed by atoms with Crippen LogP contribution in [0.15, 0.2) is 66.0 Å². The number of benzene rings is 2. The highest BCUT2D eigenvalue weighted by Gasteiger charge is 2.10. The fourth-order valence-electron chi connectivity index (χ4n) is 2.77. The van der Waals surface area contributed by atoms with Gasteiger partial charge in [0.05, 0.1) is 4.88 Å². The van der Waals surface area contributed by atoms with Gasteiger partial charge in [0.2, 0.25) is 0 Å². The molecule has 1 heterocycles. The molecule has 0 radical (unpaired) electrons. The molecule has 160 valence electrons.